The van der Waals surface area contributed by atoms with E-state index in [9.17, 15) is 13.6 Å². The second kappa shape index (κ2) is 4.76. The summed E-state index contributed by atoms with van der Waals surface area (Å²) in [6.45, 7) is -0.00632. The number of esters is 1. The summed E-state index contributed by atoms with van der Waals surface area (Å²) in [6.07, 6.45) is 6.12. The van der Waals surface area contributed by atoms with Gasteiger partial charge in [0.2, 0.25) is 0 Å². The number of carbonyl (C=O) groups is 1. The standard InChI is InChI=1S/C15H14F2O2/c16-13-4-2-10(7-14(13)17)8-19-15(18)12-6-9-1-3-11(12)5-9/h1-4,7,9,11-12H,5-6,8H2. The normalized spacial score (nSPS) is 27.8. The molecule has 1 aromatic carbocycles. The van der Waals surface area contributed by atoms with Crippen LogP contribution in [-0.2, 0) is 16.1 Å². The summed E-state index contributed by atoms with van der Waals surface area (Å²) in [4.78, 5) is 11.9. The van der Waals surface area contributed by atoms with Crippen molar-refractivity contribution in [2.45, 2.75) is 19.4 Å². The highest BCUT2D eigenvalue weighted by molar-refractivity contribution is 5.74. The van der Waals surface area contributed by atoms with Crippen molar-refractivity contribution in [3.8, 4) is 0 Å². The Morgan fingerprint density at radius 2 is 2.05 bits per heavy atom. The van der Waals surface area contributed by atoms with Gasteiger partial charge in [-0.1, -0.05) is 18.2 Å². The maximum absolute atomic E-state index is 13.0. The molecule has 0 aliphatic heterocycles. The van der Waals surface area contributed by atoms with Gasteiger partial charge in [-0.05, 0) is 42.4 Å². The Bertz CT molecular complexity index is 539. The van der Waals surface area contributed by atoms with E-state index in [1.807, 2.05) is 0 Å². The van der Waals surface area contributed by atoms with Crippen LogP contribution >= 0.6 is 0 Å². The highest BCUT2D eigenvalue weighted by Gasteiger charge is 2.40. The molecule has 19 heavy (non-hydrogen) atoms. The molecular weight excluding hydrogens is 250 g/mol. The molecule has 1 aromatic rings. The van der Waals surface area contributed by atoms with Gasteiger partial charge in [-0.3, -0.25) is 4.79 Å². The zero-order valence-electron chi connectivity index (χ0n) is 10.3. The van der Waals surface area contributed by atoms with Crippen molar-refractivity contribution in [1.29, 1.82) is 0 Å². The van der Waals surface area contributed by atoms with E-state index in [0.717, 1.165) is 25.0 Å². The molecule has 0 N–H and O–H groups in total. The minimum absolute atomic E-state index is 0.00632. The van der Waals surface area contributed by atoms with Crippen LogP contribution in [-0.4, -0.2) is 5.97 Å². The monoisotopic (exact) mass is 264 g/mol. The number of hydrogen-bond acceptors (Lipinski definition) is 2. The van der Waals surface area contributed by atoms with Gasteiger partial charge < -0.3 is 4.74 Å². The molecule has 0 spiro atoms. The first-order valence-corrected chi connectivity index (χ1v) is 6.42. The molecule has 4 heteroatoms. The third kappa shape index (κ3) is 2.39. The number of rotatable bonds is 3. The van der Waals surface area contributed by atoms with Crippen molar-refractivity contribution in [2.75, 3.05) is 0 Å². The number of allylic oxidation sites excluding steroid dienone is 2. The van der Waals surface area contributed by atoms with E-state index >= 15 is 0 Å². The lowest BCUT2D eigenvalue weighted by Gasteiger charge is -2.16. The molecular formula is C15H14F2O2. The van der Waals surface area contributed by atoms with Gasteiger partial charge in [-0.15, -0.1) is 0 Å². The average Bonchev–Trinajstić information content (AvgIpc) is 3.02. The number of carbonyl (C=O) groups excluding carboxylic acids is 1. The Kier molecular flexibility index (Phi) is 3.09. The van der Waals surface area contributed by atoms with Crippen molar-refractivity contribution in [3.63, 3.8) is 0 Å². The molecule has 3 atom stereocenters. The smallest absolute Gasteiger partial charge is 0.309 e. The molecule has 3 rings (SSSR count). The summed E-state index contributed by atoms with van der Waals surface area (Å²) in [5.74, 6) is -1.32. The van der Waals surface area contributed by atoms with E-state index in [0.29, 0.717) is 17.4 Å². The van der Waals surface area contributed by atoms with E-state index in [-0.39, 0.29) is 18.5 Å². The van der Waals surface area contributed by atoms with Crippen LogP contribution in [0.15, 0.2) is 30.4 Å². The highest BCUT2D eigenvalue weighted by Crippen LogP contribution is 2.43. The minimum atomic E-state index is -0.920. The van der Waals surface area contributed by atoms with Crippen LogP contribution in [0.25, 0.3) is 0 Å². The van der Waals surface area contributed by atoms with Gasteiger partial charge in [-0.2, -0.15) is 0 Å². The van der Waals surface area contributed by atoms with E-state index in [1.165, 1.54) is 6.07 Å². The molecule has 0 saturated heterocycles. The first kappa shape index (κ1) is 12.3. The average molecular weight is 264 g/mol. The molecule has 2 aliphatic rings. The van der Waals surface area contributed by atoms with Gasteiger partial charge in [0.15, 0.2) is 11.6 Å². The maximum atomic E-state index is 13.0. The van der Waals surface area contributed by atoms with Crippen molar-refractivity contribution in [2.24, 2.45) is 17.8 Å². The molecule has 0 aromatic heterocycles. The van der Waals surface area contributed by atoms with Crippen LogP contribution in [0.3, 0.4) is 0 Å². The molecule has 1 saturated carbocycles. The van der Waals surface area contributed by atoms with E-state index < -0.39 is 11.6 Å². The number of halogens is 2. The lowest BCUT2D eigenvalue weighted by Crippen LogP contribution is -2.21. The van der Waals surface area contributed by atoms with Gasteiger partial charge in [-0.25, -0.2) is 8.78 Å². The number of benzene rings is 1. The first-order chi connectivity index (χ1) is 9.13. The fraction of sp³-hybridized carbons (Fsp3) is 0.400. The molecule has 2 bridgehead atoms. The van der Waals surface area contributed by atoms with Crippen LogP contribution in [0, 0.1) is 29.4 Å². The lowest BCUT2D eigenvalue weighted by molar-refractivity contribution is -0.150. The topological polar surface area (TPSA) is 26.3 Å². The fourth-order valence-electron chi connectivity index (χ4n) is 2.94. The SMILES string of the molecule is O=C(OCc1ccc(F)c(F)c1)C1CC2C=CC1C2. The third-order valence-electron chi connectivity index (χ3n) is 3.95. The zero-order valence-corrected chi connectivity index (χ0v) is 10.3. The number of ether oxygens (including phenoxy) is 1. The molecule has 100 valence electrons. The van der Waals surface area contributed by atoms with Crippen molar-refractivity contribution >= 4 is 5.97 Å². The second-order valence-corrected chi connectivity index (χ2v) is 5.24. The summed E-state index contributed by atoms with van der Waals surface area (Å²) in [6, 6.07) is 3.52. The van der Waals surface area contributed by atoms with Gasteiger partial charge in [0.1, 0.15) is 6.61 Å². The summed E-state index contributed by atoms with van der Waals surface area (Å²) < 4.78 is 31.0. The molecule has 2 aliphatic carbocycles. The molecule has 1 fully saturated rings. The summed E-state index contributed by atoms with van der Waals surface area (Å²) in [5.41, 5.74) is 0.464. The van der Waals surface area contributed by atoms with E-state index in [2.05, 4.69) is 12.2 Å². The maximum Gasteiger partial charge on any atom is 0.309 e. The Labute approximate surface area is 110 Å². The Hall–Kier alpha value is -1.71. The third-order valence-corrected chi connectivity index (χ3v) is 3.95. The summed E-state index contributed by atoms with van der Waals surface area (Å²) in [7, 11) is 0. The number of fused-ring (bicyclic) bond motifs is 2. The van der Waals surface area contributed by atoms with Crippen molar-refractivity contribution in [1.82, 2.24) is 0 Å². The summed E-state index contributed by atoms with van der Waals surface area (Å²) in [5, 5.41) is 0. The van der Waals surface area contributed by atoms with Crippen LogP contribution in [0.2, 0.25) is 0 Å². The van der Waals surface area contributed by atoms with Crippen molar-refractivity contribution < 1.29 is 18.3 Å². The van der Waals surface area contributed by atoms with Gasteiger partial charge >= 0.3 is 5.97 Å². The fourth-order valence-corrected chi connectivity index (χ4v) is 2.94. The Morgan fingerprint density at radius 3 is 2.68 bits per heavy atom. The van der Waals surface area contributed by atoms with Gasteiger partial charge in [0.25, 0.3) is 0 Å². The molecule has 3 unspecified atom stereocenters. The van der Waals surface area contributed by atoms with Crippen LogP contribution in [0.1, 0.15) is 18.4 Å². The lowest BCUT2D eigenvalue weighted by atomic mass is 9.94. The quantitative estimate of drug-likeness (QED) is 0.619. The minimum Gasteiger partial charge on any atom is -0.461 e. The van der Waals surface area contributed by atoms with E-state index in [1.54, 1.807) is 0 Å². The largest absolute Gasteiger partial charge is 0.461 e. The molecule has 0 radical (unpaired) electrons. The zero-order chi connectivity index (χ0) is 13.4. The predicted octanol–water partition coefficient (Wildman–Crippen LogP) is 3.22. The Morgan fingerprint density at radius 1 is 1.21 bits per heavy atom. The first-order valence-electron chi connectivity index (χ1n) is 6.42. The van der Waals surface area contributed by atoms with Crippen molar-refractivity contribution in [3.05, 3.63) is 47.5 Å². The highest BCUT2D eigenvalue weighted by atomic mass is 19.2. The van der Waals surface area contributed by atoms with Gasteiger partial charge in [0.05, 0.1) is 5.92 Å². The molecule has 0 heterocycles. The van der Waals surface area contributed by atoms with Crippen LogP contribution < -0.4 is 0 Å². The van der Waals surface area contributed by atoms with Gasteiger partial charge in [0, 0.05) is 0 Å². The molecule has 0 amide bonds. The van der Waals surface area contributed by atoms with Crippen LogP contribution in [0.5, 0.6) is 0 Å². The van der Waals surface area contributed by atoms with E-state index in [4.69, 9.17) is 4.74 Å². The summed E-state index contributed by atoms with van der Waals surface area (Å²) >= 11 is 0. The molecule has 2 nitrogen and oxygen atoms in total. The number of hydrogen-bond donors (Lipinski definition) is 0. The second-order valence-electron chi connectivity index (χ2n) is 5.24. The Balaban J connectivity index is 1.58. The van der Waals surface area contributed by atoms with Crippen LogP contribution in [0.4, 0.5) is 8.78 Å². The predicted molar refractivity (Wildman–Crippen MR) is 65.0 cm³/mol.